The van der Waals surface area contributed by atoms with Crippen LogP contribution in [0.3, 0.4) is 0 Å². The number of methoxy groups -OCH3 is 2. The van der Waals surface area contributed by atoms with Crippen molar-refractivity contribution in [2.45, 2.75) is 36.7 Å². The van der Waals surface area contributed by atoms with E-state index in [-0.39, 0.29) is 16.7 Å². The minimum atomic E-state index is -0.338. The van der Waals surface area contributed by atoms with Gasteiger partial charge < -0.3 is 19.1 Å². The SMILES string of the molecule is CCC(Sc1nc2c(sc3ccccc32)c(=O)n1CCc1ccc(OC)c(OC)c1)C(=O)N1CCOCC1. The van der Waals surface area contributed by atoms with Crippen LogP contribution in [0.1, 0.15) is 18.9 Å². The van der Waals surface area contributed by atoms with Gasteiger partial charge in [-0.2, -0.15) is 0 Å². The summed E-state index contributed by atoms with van der Waals surface area (Å²) in [5.74, 6) is 1.37. The van der Waals surface area contributed by atoms with Crippen LogP contribution in [0.5, 0.6) is 11.5 Å². The second-order valence-electron chi connectivity index (χ2n) is 9.02. The number of nitrogens with zero attached hydrogens (tertiary/aromatic N) is 3. The van der Waals surface area contributed by atoms with Crippen molar-refractivity contribution in [1.29, 1.82) is 0 Å². The molecule has 2 aromatic heterocycles. The van der Waals surface area contributed by atoms with Crippen molar-refractivity contribution in [3.8, 4) is 11.5 Å². The van der Waals surface area contributed by atoms with Crippen LogP contribution in [0.15, 0.2) is 52.4 Å². The molecule has 38 heavy (non-hydrogen) atoms. The molecule has 4 aromatic rings. The molecular weight excluding hydrogens is 522 g/mol. The Kier molecular flexibility index (Phi) is 8.21. The molecule has 2 aromatic carbocycles. The van der Waals surface area contributed by atoms with E-state index in [2.05, 4.69) is 0 Å². The maximum atomic E-state index is 13.9. The first-order chi connectivity index (χ1) is 18.5. The molecule has 1 amide bonds. The van der Waals surface area contributed by atoms with Gasteiger partial charge in [0.15, 0.2) is 16.7 Å². The van der Waals surface area contributed by atoms with Crippen molar-refractivity contribution >= 4 is 49.3 Å². The molecular formula is C28H31N3O5S2. The molecule has 0 spiro atoms. The van der Waals surface area contributed by atoms with Crippen molar-refractivity contribution in [2.24, 2.45) is 0 Å². The Bertz CT molecular complexity index is 1510. The number of morpholine rings is 1. The molecule has 1 fully saturated rings. The van der Waals surface area contributed by atoms with Crippen molar-refractivity contribution in [3.63, 3.8) is 0 Å². The molecule has 5 rings (SSSR count). The van der Waals surface area contributed by atoms with E-state index in [1.165, 1.54) is 23.1 Å². The van der Waals surface area contributed by atoms with Gasteiger partial charge in [-0.3, -0.25) is 14.2 Å². The highest BCUT2D eigenvalue weighted by Gasteiger charge is 2.28. The van der Waals surface area contributed by atoms with Crippen molar-refractivity contribution in [2.75, 3.05) is 40.5 Å². The van der Waals surface area contributed by atoms with Crippen LogP contribution in [0.4, 0.5) is 0 Å². The van der Waals surface area contributed by atoms with Crippen LogP contribution >= 0.6 is 23.1 Å². The van der Waals surface area contributed by atoms with Crippen LogP contribution < -0.4 is 15.0 Å². The number of hydrogen-bond donors (Lipinski definition) is 0. The summed E-state index contributed by atoms with van der Waals surface area (Å²) in [6.45, 7) is 4.70. The summed E-state index contributed by atoms with van der Waals surface area (Å²) in [4.78, 5) is 34.1. The van der Waals surface area contributed by atoms with Crippen molar-refractivity contribution in [3.05, 3.63) is 58.4 Å². The zero-order valence-electron chi connectivity index (χ0n) is 21.8. The third kappa shape index (κ3) is 5.25. The van der Waals surface area contributed by atoms with Gasteiger partial charge in [-0.1, -0.05) is 43.0 Å². The van der Waals surface area contributed by atoms with Gasteiger partial charge in [0.25, 0.3) is 5.56 Å². The number of hydrogen-bond acceptors (Lipinski definition) is 8. The number of aromatic nitrogens is 2. The minimum Gasteiger partial charge on any atom is -0.493 e. The summed E-state index contributed by atoms with van der Waals surface area (Å²) in [5.41, 5.74) is 1.64. The average molecular weight is 554 g/mol. The Labute approximate surface area is 229 Å². The van der Waals surface area contributed by atoms with Gasteiger partial charge >= 0.3 is 0 Å². The second-order valence-corrected chi connectivity index (χ2v) is 11.2. The second kappa shape index (κ2) is 11.8. The molecule has 0 N–H and O–H groups in total. The average Bonchev–Trinajstić information content (AvgIpc) is 3.34. The summed E-state index contributed by atoms with van der Waals surface area (Å²) in [7, 11) is 3.21. The van der Waals surface area contributed by atoms with E-state index in [0.717, 1.165) is 15.6 Å². The summed E-state index contributed by atoms with van der Waals surface area (Å²) < 4.78 is 19.6. The molecule has 8 nitrogen and oxygen atoms in total. The molecule has 0 saturated carbocycles. The molecule has 0 bridgehead atoms. The summed E-state index contributed by atoms with van der Waals surface area (Å²) in [6.07, 6.45) is 1.23. The van der Waals surface area contributed by atoms with Crippen LogP contribution in [0.25, 0.3) is 20.3 Å². The standard InChI is InChI=1S/C28H31N3O5S2/c1-4-22(26(32)30-13-15-36-16-14-30)38-28-29-24-19-7-5-6-8-23(19)37-25(24)27(33)31(28)12-11-18-9-10-20(34-2)21(17-18)35-3/h5-10,17,22H,4,11-16H2,1-3H3. The van der Waals surface area contributed by atoms with E-state index in [4.69, 9.17) is 19.2 Å². The zero-order chi connectivity index (χ0) is 26.6. The van der Waals surface area contributed by atoms with E-state index >= 15 is 0 Å². The predicted molar refractivity (Wildman–Crippen MR) is 152 cm³/mol. The number of carbonyl (C=O) groups is 1. The largest absolute Gasteiger partial charge is 0.493 e. The lowest BCUT2D eigenvalue weighted by molar-refractivity contribution is -0.134. The van der Waals surface area contributed by atoms with E-state index in [9.17, 15) is 9.59 Å². The fourth-order valence-corrected chi connectivity index (χ4v) is 6.85. The number of ether oxygens (including phenoxy) is 3. The fraction of sp³-hybridized carbons (Fsp3) is 0.393. The van der Waals surface area contributed by atoms with E-state index < -0.39 is 0 Å². The highest BCUT2D eigenvalue weighted by molar-refractivity contribution is 8.00. The zero-order valence-corrected chi connectivity index (χ0v) is 23.4. The maximum Gasteiger partial charge on any atom is 0.272 e. The van der Waals surface area contributed by atoms with E-state index in [0.29, 0.717) is 72.6 Å². The fourth-order valence-electron chi connectivity index (χ4n) is 4.64. The smallest absolute Gasteiger partial charge is 0.272 e. The van der Waals surface area contributed by atoms with Gasteiger partial charge in [-0.05, 0) is 36.6 Å². The Morgan fingerprint density at radius 1 is 1.13 bits per heavy atom. The van der Waals surface area contributed by atoms with E-state index in [1.54, 1.807) is 18.8 Å². The normalized spacial score (nSPS) is 14.7. The number of fused-ring (bicyclic) bond motifs is 3. The monoisotopic (exact) mass is 553 g/mol. The lowest BCUT2D eigenvalue weighted by Crippen LogP contribution is -2.44. The molecule has 1 saturated heterocycles. The molecule has 0 aliphatic carbocycles. The van der Waals surface area contributed by atoms with Gasteiger partial charge in [-0.15, -0.1) is 11.3 Å². The van der Waals surface area contributed by atoms with Crippen LogP contribution in [-0.2, 0) is 22.5 Å². The van der Waals surface area contributed by atoms with Gasteiger partial charge in [0.1, 0.15) is 4.70 Å². The minimum absolute atomic E-state index is 0.0664. The predicted octanol–water partition coefficient (Wildman–Crippen LogP) is 4.60. The first-order valence-electron chi connectivity index (χ1n) is 12.7. The molecule has 3 heterocycles. The Balaban J connectivity index is 1.53. The number of benzene rings is 2. The van der Waals surface area contributed by atoms with Gasteiger partial charge in [0.2, 0.25) is 5.91 Å². The molecule has 1 aliphatic heterocycles. The lowest BCUT2D eigenvalue weighted by atomic mass is 10.1. The van der Waals surface area contributed by atoms with Gasteiger partial charge in [-0.25, -0.2) is 4.98 Å². The molecule has 1 unspecified atom stereocenters. The molecule has 0 radical (unpaired) electrons. The number of thiophene rings is 1. The molecule has 1 aliphatic rings. The van der Waals surface area contributed by atoms with Gasteiger partial charge in [0, 0.05) is 29.7 Å². The summed E-state index contributed by atoms with van der Waals surface area (Å²) in [5, 5.41) is 1.20. The van der Waals surface area contributed by atoms with Crippen LogP contribution in [0, 0.1) is 0 Å². The van der Waals surface area contributed by atoms with Crippen LogP contribution in [-0.4, -0.2) is 66.1 Å². The van der Waals surface area contributed by atoms with Crippen molar-refractivity contribution < 1.29 is 19.0 Å². The van der Waals surface area contributed by atoms with Gasteiger partial charge in [0.05, 0.1) is 38.2 Å². The number of rotatable bonds is 9. The number of thioether (sulfide) groups is 1. The number of aryl methyl sites for hydroxylation is 1. The summed E-state index contributed by atoms with van der Waals surface area (Å²) >= 11 is 2.85. The molecule has 1 atom stereocenters. The number of amides is 1. The Hall–Kier alpha value is -3.08. The third-order valence-corrected chi connectivity index (χ3v) is 9.23. The van der Waals surface area contributed by atoms with Crippen molar-refractivity contribution in [1.82, 2.24) is 14.5 Å². The first-order valence-corrected chi connectivity index (χ1v) is 14.4. The quantitative estimate of drug-likeness (QED) is 0.221. The Morgan fingerprint density at radius 3 is 2.63 bits per heavy atom. The highest BCUT2D eigenvalue weighted by Crippen LogP contribution is 2.34. The maximum absolute atomic E-state index is 13.9. The lowest BCUT2D eigenvalue weighted by Gasteiger charge is -2.30. The number of carbonyl (C=O) groups excluding carboxylic acids is 1. The molecule has 200 valence electrons. The van der Waals surface area contributed by atoms with E-state index in [1.807, 2.05) is 54.3 Å². The highest BCUT2D eigenvalue weighted by atomic mass is 32.2. The first kappa shape index (κ1) is 26.5. The topological polar surface area (TPSA) is 82.9 Å². The third-order valence-electron chi connectivity index (χ3n) is 6.74. The van der Waals surface area contributed by atoms with Crippen LogP contribution in [0.2, 0.25) is 0 Å². The molecule has 10 heteroatoms. The summed E-state index contributed by atoms with van der Waals surface area (Å²) in [6, 6.07) is 13.7. The Morgan fingerprint density at radius 2 is 1.89 bits per heavy atom.